The number of nitrogens with one attached hydrogen (secondary N) is 1. The van der Waals surface area contributed by atoms with Crippen LogP contribution in [0.15, 0.2) is 40.5 Å². The van der Waals surface area contributed by atoms with Gasteiger partial charge in [0.15, 0.2) is 0 Å². The van der Waals surface area contributed by atoms with Gasteiger partial charge in [0, 0.05) is 18.5 Å². The van der Waals surface area contributed by atoms with Crippen molar-refractivity contribution < 1.29 is 13.9 Å². The van der Waals surface area contributed by atoms with Crippen molar-refractivity contribution in [2.75, 3.05) is 13.7 Å². The summed E-state index contributed by atoms with van der Waals surface area (Å²) in [5, 5.41) is 2.87. The van der Waals surface area contributed by atoms with E-state index in [1.54, 1.807) is 18.9 Å². The first-order chi connectivity index (χ1) is 11.7. The smallest absolute Gasteiger partial charge is 0.263 e. The maximum atomic E-state index is 12.0. The van der Waals surface area contributed by atoms with Gasteiger partial charge in [0.25, 0.3) is 5.91 Å². The Morgan fingerprint density at radius 2 is 2.12 bits per heavy atom. The number of carbonyl (C=O) groups excluding carboxylic acids is 1. The highest BCUT2D eigenvalue weighted by molar-refractivity contribution is 7.11. The minimum Gasteiger partial charge on any atom is -0.497 e. The number of hydrogen-bond donors (Lipinski definition) is 1. The number of nitrogens with zero attached hydrogens (tertiary/aromatic N) is 2. The molecule has 7 heteroatoms. The first kappa shape index (κ1) is 16.2. The molecule has 6 nitrogen and oxygen atoms in total. The second-order valence-electron chi connectivity index (χ2n) is 5.15. The number of aromatic nitrogens is 2. The van der Waals surface area contributed by atoms with Gasteiger partial charge in [-0.05, 0) is 31.2 Å². The SMILES string of the molecule is COc1ccc(-c2nc(CCNC(=O)c3scnc3C)co2)cc1. The number of ether oxygens (including phenoxy) is 1. The van der Waals surface area contributed by atoms with Crippen molar-refractivity contribution in [2.24, 2.45) is 0 Å². The molecule has 0 saturated carbocycles. The summed E-state index contributed by atoms with van der Waals surface area (Å²) < 4.78 is 10.6. The molecule has 0 aliphatic heterocycles. The van der Waals surface area contributed by atoms with Gasteiger partial charge >= 0.3 is 0 Å². The van der Waals surface area contributed by atoms with Crippen LogP contribution >= 0.6 is 11.3 Å². The molecule has 1 aromatic carbocycles. The molecule has 0 radical (unpaired) electrons. The Labute approximate surface area is 143 Å². The molecular formula is C17H17N3O3S. The van der Waals surface area contributed by atoms with Crippen LogP contribution in [0.3, 0.4) is 0 Å². The van der Waals surface area contributed by atoms with E-state index in [-0.39, 0.29) is 5.91 Å². The maximum absolute atomic E-state index is 12.0. The van der Waals surface area contributed by atoms with Crippen molar-refractivity contribution in [1.82, 2.24) is 15.3 Å². The van der Waals surface area contributed by atoms with Crippen LogP contribution in [-0.4, -0.2) is 29.5 Å². The molecule has 0 aliphatic carbocycles. The van der Waals surface area contributed by atoms with Gasteiger partial charge < -0.3 is 14.5 Å². The predicted molar refractivity (Wildman–Crippen MR) is 91.4 cm³/mol. The van der Waals surface area contributed by atoms with E-state index in [0.717, 1.165) is 22.7 Å². The average Bonchev–Trinajstić information content (AvgIpc) is 3.24. The number of thiazole rings is 1. The Morgan fingerprint density at radius 3 is 2.79 bits per heavy atom. The van der Waals surface area contributed by atoms with E-state index in [1.807, 2.05) is 31.2 Å². The summed E-state index contributed by atoms with van der Waals surface area (Å²) in [6.07, 6.45) is 2.22. The number of oxazole rings is 1. The summed E-state index contributed by atoms with van der Waals surface area (Å²) in [5.41, 5.74) is 4.09. The van der Waals surface area contributed by atoms with Crippen LogP contribution < -0.4 is 10.1 Å². The highest BCUT2D eigenvalue weighted by Crippen LogP contribution is 2.21. The van der Waals surface area contributed by atoms with Crippen molar-refractivity contribution in [3.05, 3.63) is 52.3 Å². The molecule has 0 spiro atoms. The van der Waals surface area contributed by atoms with E-state index in [2.05, 4.69) is 15.3 Å². The molecule has 0 fully saturated rings. The summed E-state index contributed by atoms with van der Waals surface area (Å²) in [5.74, 6) is 1.23. The Hall–Kier alpha value is -2.67. The fraction of sp³-hybridized carbons (Fsp3) is 0.235. The summed E-state index contributed by atoms with van der Waals surface area (Å²) in [4.78, 5) is 21.2. The number of carbonyl (C=O) groups is 1. The number of benzene rings is 1. The molecule has 1 N–H and O–H groups in total. The van der Waals surface area contributed by atoms with Crippen LogP contribution in [0.4, 0.5) is 0 Å². The third kappa shape index (κ3) is 3.62. The van der Waals surface area contributed by atoms with Gasteiger partial charge in [-0.1, -0.05) is 0 Å². The van der Waals surface area contributed by atoms with E-state index in [1.165, 1.54) is 11.3 Å². The fourth-order valence-corrected chi connectivity index (χ4v) is 2.91. The summed E-state index contributed by atoms with van der Waals surface area (Å²) >= 11 is 1.34. The van der Waals surface area contributed by atoms with E-state index in [9.17, 15) is 4.79 Å². The quantitative estimate of drug-likeness (QED) is 0.744. The largest absolute Gasteiger partial charge is 0.497 e. The van der Waals surface area contributed by atoms with Crippen LogP contribution in [0.25, 0.3) is 11.5 Å². The number of rotatable bonds is 6. The summed E-state index contributed by atoms with van der Waals surface area (Å²) in [6, 6.07) is 7.50. The monoisotopic (exact) mass is 343 g/mol. The van der Waals surface area contributed by atoms with Crippen LogP contribution in [-0.2, 0) is 6.42 Å². The Balaban J connectivity index is 1.56. The third-order valence-corrected chi connectivity index (χ3v) is 4.43. The first-order valence-electron chi connectivity index (χ1n) is 7.44. The van der Waals surface area contributed by atoms with Gasteiger partial charge in [-0.15, -0.1) is 11.3 Å². The lowest BCUT2D eigenvalue weighted by Gasteiger charge is -2.02. The topological polar surface area (TPSA) is 77.2 Å². The lowest BCUT2D eigenvalue weighted by molar-refractivity contribution is 0.0957. The van der Waals surface area contributed by atoms with Crippen molar-refractivity contribution in [1.29, 1.82) is 0 Å². The van der Waals surface area contributed by atoms with Gasteiger partial charge in [0.05, 0.1) is 24.0 Å². The highest BCUT2D eigenvalue weighted by Gasteiger charge is 2.12. The van der Waals surface area contributed by atoms with Crippen LogP contribution in [0, 0.1) is 6.92 Å². The summed E-state index contributed by atoms with van der Waals surface area (Å²) in [6.45, 7) is 2.31. The molecule has 0 aliphatic rings. The van der Waals surface area contributed by atoms with Gasteiger partial charge in [0.2, 0.25) is 5.89 Å². The minimum absolute atomic E-state index is 0.103. The van der Waals surface area contributed by atoms with Crippen molar-refractivity contribution >= 4 is 17.2 Å². The molecule has 2 aromatic heterocycles. The minimum atomic E-state index is -0.103. The number of amides is 1. The molecule has 3 aromatic rings. The van der Waals surface area contributed by atoms with Gasteiger partial charge in [-0.3, -0.25) is 4.79 Å². The normalized spacial score (nSPS) is 10.6. The molecule has 24 heavy (non-hydrogen) atoms. The number of hydrogen-bond acceptors (Lipinski definition) is 6. The van der Waals surface area contributed by atoms with Crippen LogP contribution in [0.2, 0.25) is 0 Å². The van der Waals surface area contributed by atoms with Crippen molar-refractivity contribution in [2.45, 2.75) is 13.3 Å². The molecular weight excluding hydrogens is 326 g/mol. The Kier molecular flexibility index (Phi) is 4.90. The number of methoxy groups -OCH3 is 1. The average molecular weight is 343 g/mol. The Morgan fingerprint density at radius 1 is 1.33 bits per heavy atom. The number of aryl methyl sites for hydroxylation is 1. The molecule has 3 rings (SSSR count). The van der Waals surface area contributed by atoms with Gasteiger partial charge in [-0.25, -0.2) is 9.97 Å². The molecule has 124 valence electrons. The molecule has 0 saturated heterocycles. The van der Waals surface area contributed by atoms with E-state index < -0.39 is 0 Å². The second-order valence-corrected chi connectivity index (χ2v) is 6.00. The highest BCUT2D eigenvalue weighted by atomic mass is 32.1. The third-order valence-electron chi connectivity index (χ3n) is 3.51. The van der Waals surface area contributed by atoms with Crippen LogP contribution in [0.1, 0.15) is 21.1 Å². The molecule has 2 heterocycles. The standard InChI is InChI=1S/C17H17N3O3S/c1-11-15(24-10-19-11)16(21)18-8-7-13-9-23-17(20-13)12-3-5-14(22-2)6-4-12/h3-6,9-10H,7-8H2,1-2H3,(H,18,21). The predicted octanol–water partition coefficient (Wildman–Crippen LogP) is 3.09. The lowest BCUT2D eigenvalue weighted by Crippen LogP contribution is -2.25. The van der Waals surface area contributed by atoms with Gasteiger partial charge in [-0.2, -0.15) is 0 Å². The van der Waals surface area contributed by atoms with Crippen LogP contribution in [0.5, 0.6) is 5.75 Å². The maximum Gasteiger partial charge on any atom is 0.263 e. The molecule has 0 bridgehead atoms. The van der Waals surface area contributed by atoms with Gasteiger partial charge in [0.1, 0.15) is 16.9 Å². The van der Waals surface area contributed by atoms with Crippen molar-refractivity contribution in [3.63, 3.8) is 0 Å². The van der Waals surface area contributed by atoms with E-state index >= 15 is 0 Å². The molecule has 1 amide bonds. The molecule has 0 atom stereocenters. The lowest BCUT2D eigenvalue weighted by atomic mass is 10.2. The zero-order chi connectivity index (χ0) is 16.9. The second kappa shape index (κ2) is 7.27. The van der Waals surface area contributed by atoms with E-state index in [4.69, 9.17) is 9.15 Å². The zero-order valence-corrected chi connectivity index (χ0v) is 14.2. The zero-order valence-electron chi connectivity index (χ0n) is 13.4. The summed E-state index contributed by atoms with van der Waals surface area (Å²) in [7, 11) is 1.63. The first-order valence-corrected chi connectivity index (χ1v) is 8.32. The molecule has 0 unspecified atom stereocenters. The Bertz CT molecular complexity index is 824. The van der Waals surface area contributed by atoms with Crippen molar-refractivity contribution in [3.8, 4) is 17.2 Å². The fourth-order valence-electron chi connectivity index (χ4n) is 2.19. The van der Waals surface area contributed by atoms with E-state index in [0.29, 0.717) is 23.7 Å².